The average molecular weight is 295 g/mol. The molecule has 0 radical (unpaired) electrons. The Morgan fingerprint density at radius 3 is 2.71 bits per heavy atom. The van der Waals surface area contributed by atoms with Crippen LogP contribution in [-0.2, 0) is 16.1 Å². The lowest BCUT2D eigenvalue weighted by molar-refractivity contribution is -0.155. The molecule has 1 aromatic rings. The van der Waals surface area contributed by atoms with Gasteiger partial charge in [0, 0.05) is 13.1 Å². The summed E-state index contributed by atoms with van der Waals surface area (Å²) in [5.74, 6) is -1.24. The van der Waals surface area contributed by atoms with Crippen molar-refractivity contribution in [2.24, 2.45) is 5.41 Å². The molecule has 0 spiro atoms. The van der Waals surface area contributed by atoms with E-state index in [0.29, 0.717) is 0 Å². The Morgan fingerprint density at radius 2 is 2.10 bits per heavy atom. The van der Waals surface area contributed by atoms with Gasteiger partial charge in [-0.3, -0.25) is 4.79 Å². The van der Waals surface area contributed by atoms with Crippen LogP contribution in [0.5, 0.6) is 0 Å². The summed E-state index contributed by atoms with van der Waals surface area (Å²) in [5.41, 5.74) is -0.739. The van der Waals surface area contributed by atoms with Crippen LogP contribution in [-0.4, -0.2) is 41.3 Å². The second kappa shape index (κ2) is 6.11. The summed E-state index contributed by atoms with van der Waals surface area (Å²) < 4.78 is 19.0. The fourth-order valence-corrected chi connectivity index (χ4v) is 2.33. The molecular weight excluding hydrogens is 277 g/mol. The molecule has 5 nitrogen and oxygen atoms in total. The summed E-state index contributed by atoms with van der Waals surface area (Å²) >= 11 is 0. The number of likely N-dealkylation sites (tertiary alicyclic amines) is 1. The van der Waals surface area contributed by atoms with E-state index in [4.69, 9.17) is 9.84 Å². The normalized spacial score (nSPS) is 25.4. The van der Waals surface area contributed by atoms with Gasteiger partial charge in [0.15, 0.2) is 0 Å². The van der Waals surface area contributed by atoms with E-state index < -0.39 is 23.6 Å². The second-order valence-corrected chi connectivity index (χ2v) is 5.44. The Labute approximate surface area is 122 Å². The highest BCUT2D eigenvalue weighted by atomic mass is 19.1. The number of ether oxygens (including phenoxy) is 1. The van der Waals surface area contributed by atoms with Crippen molar-refractivity contribution < 1.29 is 23.8 Å². The molecule has 6 heteroatoms. The van der Waals surface area contributed by atoms with Crippen molar-refractivity contribution in [1.82, 2.24) is 4.90 Å². The summed E-state index contributed by atoms with van der Waals surface area (Å²) in [6, 6.07) is 9.17. The Balaban J connectivity index is 1.95. The minimum absolute atomic E-state index is 0.00321. The number of nitrogens with zero attached hydrogens (tertiary/aromatic N) is 1. The molecular formula is C15H18FNO4. The quantitative estimate of drug-likeness (QED) is 0.930. The monoisotopic (exact) mass is 295 g/mol. The molecule has 1 N–H and O–H groups in total. The number of hydrogen-bond acceptors (Lipinski definition) is 3. The number of carbonyl (C=O) groups is 2. The number of alkyl halides is 1. The Kier molecular flexibility index (Phi) is 4.45. The van der Waals surface area contributed by atoms with E-state index in [1.54, 1.807) is 0 Å². The zero-order valence-corrected chi connectivity index (χ0v) is 11.8. The summed E-state index contributed by atoms with van der Waals surface area (Å²) in [5, 5.41) is 9.16. The van der Waals surface area contributed by atoms with Gasteiger partial charge >= 0.3 is 12.1 Å². The largest absolute Gasteiger partial charge is 0.481 e. The third-order valence-electron chi connectivity index (χ3n) is 3.82. The number of halogens is 1. The van der Waals surface area contributed by atoms with E-state index in [2.05, 4.69) is 0 Å². The van der Waals surface area contributed by atoms with E-state index in [1.165, 1.54) is 11.8 Å². The van der Waals surface area contributed by atoms with Gasteiger partial charge in [-0.05, 0) is 18.9 Å². The molecule has 2 unspecified atom stereocenters. The molecule has 2 rings (SSSR count). The van der Waals surface area contributed by atoms with Gasteiger partial charge in [-0.25, -0.2) is 9.18 Å². The Bertz CT molecular complexity index is 522. The third-order valence-corrected chi connectivity index (χ3v) is 3.82. The molecule has 1 fully saturated rings. The first-order valence-electron chi connectivity index (χ1n) is 6.76. The van der Waals surface area contributed by atoms with Crippen molar-refractivity contribution in [2.75, 3.05) is 13.1 Å². The molecule has 21 heavy (non-hydrogen) atoms. The number of amides is 1. The van der Waals surface area contributed by atoms with Crippen molar-refractivity contribution in [3.05, 3.63) is 35.9 Å². The van der Waals surface area contributed by atoms with E-state index in [-0.39, 0.29) is 26.1 Å². The Hall–Kier alpha value is -2.11. The summed E-state index contributed by atoms with van der Waals surface area (Å²) in [6.07, 6.45) is -2.07. The highest BCUT2D eigenvalue weighted by molar-refractivity contribution is 5.77. The number of carboxylic acids is 1. The van der Waals surface area contributed by atoms with Gasteiger partial charge in [0.05, 0.1) is 0 Å². The number of hydrogen-bond donors (Lipinski definition) is 1. The number of carboxylic acid groups (broad SMARTS) is 1. The van der Waals surface area contributed by atoms with Gasteiger partial charge in [-0.15, -0.1) is 0 Å². The number of aliphatic carboxylic acids is 1. The summed E-state index contributed by atoms with van der Waals surface area (Å²) in [7, 11) is 0. The third kappa shape index (κ3) is 3.32. The predicted octanol–water partition coefficient (Wildman–Crippen LogP) is 2.46. The van der Waals surface area contributed by atoms with Crippen molar-refractivity contribution in [1.29, 1.82) is 0 Å². The molecule has 1 aliphatic rings. The number of rotatable bonds is 3. The molecule has 1 aliphatic heterocycles. The lowest BCUT2D eigenvalue weighted by atomic mass is 9.80. The van der Waals surface area contributed by atoms with Crippen molar-refractivity contribution in [3.63, 3.8) is 0 Å². The highest BCUT2D eigenvalue weighted by Gasteiger charge is 2.47. The maximum Gasteiger partial charge on any atom is 0.410 e. The average Bonchev–Trinajstić information content (AvgIpc) is 2.48. The molecule has 0 saturated carbocycles. The highest BCUT2D eigenvalue weighted by Crippen LogP contribution is 2.33. The standard InChI is InChI=1S/C15H18FNO4/c1-15(13(18)19)10-17(8-7-12(15)16)14(20)21-9-11-5-3-2-4-6-11/h2-6,12H,7-10H2,1H3,(H,18,19). The first kappa shape index (κ1) is 15.3. The van der Waals surface area contributed by atoms with Crippen molar-refractivity contribution >= 4 is 12.1 Å². The van der Waals surface area contributed by atoms with Gasteiger partial charge < -0.3 is 14.7 Å². The summed E-state index contributed by atoms with van der Waals surface area (Å²) in [4.78, 5) is 24.4. The van der Waals surface area contributed by atoms with Crippen molar-refractivity contribution in [3.8, 4) is 0 Å². The minimum Gasteiger partial charge on any atom is -0.481 e. The molecule has 0 aliphatic carbocycles. The maximum absolute atomic E-state index is 13.8. The molecule has 1 saturated heterocycles. The zero-order chi connectivity index (χ0) is 15.5. The van der Waals surface area contributed by atoms with Gasteiger partial charge in [-0.2, -0.15) is 0 Å². The lowest BCUT2D eigenvalue weighted by Crippen LogP contribution is -2.54. The van der Waals surface area contributed by atoms with Crippen LogP contribution in [0, 0.1) is 5.41 Å². The topological polar surface area (TPSA) is 66.8 Å². The van der Waals surface area contributed by atoms with Crippen LogP contribution in [0.2, 0.25) is 0 Å². The minimum atomic E-state index is -1.58. The first-order chi connectivity index (χ1) is 9.93. The van der Waals surface area contributed by atoms with Crippen LogP contribution in [0.1, 0.15) is 18.9 Å². The van der Waals surface area contributed by atoms with Crippen LogP contribution >= 0.6 is 0 Å². The lowest BCUT2D eigenvalue weighted by Gasteiger charge is -2.39. The van der Waals surface area contributed by atoms with Crippen LogP contribution in [0.15, 0.2) is 30.3 Å². The van der Waals surface area contributed by atoms with Crippen molar-refractivity contribution in [2.45, 2.75) is 26.1 Å². The smallest absolute Gasteiger partial charge is 0.410 e. The molecule has 1 amide bonds. The molecule has 1 aromatic carbocycles. The maximum atomic E-state index is 13.8. The molecule has 0 bridgehead atoms. The Morgan fingerprint density at radius 1 is 1.43 bits per heavy atom. The molecule has 114 valence electrons. The number of piperidine rings is 1. The molecule has 0 aromatic heterocycles. The van der Waals surface area contributed by atoms with Gasteiger partial charge in [0.2, 0.25) is 0 Å². The summed E-state index contributed by atoms with van der Waals surface area (Å²) in [6.45, 7) is 1.41. The zero-order valence-electron chi connectivity index (χ0n) is 11.8. The van der Waals surface area contributed by atoms with Gasteiger partial charge in [-0.1, -0.05) is 30.3 Å². The van der Waals surface area contributed by atoms with E-state index >= 15 is 0 Å². The van der Waals surface area contributed by atoms with E-state index in [9.17, 15) is 14.0 Å². The van der Waals surface area contributed by atoms with Crippen LogP contribution in [0.25, 0.3) is 0 Å². The number of carbonyl (C=O) groups excluding carboxylic acids is 1. The fraction of sp³-hybridized carbons (Fsp3) is 0.467. The van der Waals surface area contributed by atoms with Gasteiger partial charge in [0.1, 0.15) is 18.2 Å². The van der Waals surface area contributed by atoms with Crippen LogP contribution in [0.3, 0.4) is 0 Å². The SMILES string of the molecule is CC1(C(=O)O)CN(C(=O)OCc2ccccc2)CCC1F. The van der Waals surface area contributed by atoms with E-state index in [1.807, 2.05) is 30.3 Å². The van der Waals surface area contributed by atoms with Crippen LogP contribution < -0.4 is 0 Å². The fourth-order valence-electron chi connectivity index (χ4n) is 2.33. The van der Waals surface area contributed by atoms with Gasteiger partial charge in [0.25, 0.3) is 0 Å². The van der Waals surface area contributed by atoms with Crippen LogP contribution in [0.4, 0.5) is 9.18 Å². The predicted molar refractivity (Wildman–Crippen MR) is 73.5 cm³/mol. The number of benzene rings is 1. The van der Waals surface area contributed by atoms with E-state index in [0.717, 1.165) is 5.56 Å². The molecule has 2 atom stereocenters. The second-order valence-electron chi connectivity index (χ2n) is 5.44. The molecule has 1 heterocycles. The first-order valence-corrected chi connectivity index (χ1v) is 6.76.